The van der Waals surface area contributed by atoms with E-state index in [0.717, 1.165) is 0 Å². The summed E-state index contributed by atoms with van der Waals surface area (Å²) in [5.74, 6) is 0.00591. The third-order valence-corrected chi connectivity index (χ3v) is 4.31. The smallest absolute Gasteiger partial charge is 0.215 e. The highest BCUT2D eigenvalue weighted by molar-refractivity contribution is 7.89. The number of halogens is 1. The van der Waals surface area contributed by atoms with Gasteiger partial charge in [-0.1, -0.05) is 11.6 Å². The summed E-state index contributed by atoms with van der Waals surface area (Å²) in [4.78, 5) is 0. The molecule has 0 saturated heterocycles. The second-order valence-electron chi connectivity index (χ2n) is 3.76. The zero-order valence-electron chi connectivity index (χ0n) is 9.77. The van der Waals surface area contributed by atoms with E-state index in [1.165, 1.54) is 18.4 Å². The molecule has 0 aliphatic heterocycles. The van der Waals surface area contributed by atoms with Crippen LogP contribution < -0.4 is 11.1 Å². The van der Waals surface area contributed by atoms with Gasteiger partial charge in [0.05, 0.1) is 17.1 Å². The Hall–Kier alpha value is -0.980. The van der Waals surface area contributed by atoms with E-state index in [2.05, 4.69) is 5.32 Å². The lowest BCUT2D eigenvalue weighted by Crippen LogP contribution is -2.28. The van der Waals surface area contributed by atoms with Crippen LogP contribution in [0.1, 0.15) is 0 Å². The van der Waals surface area contributed by atoms with E-state index in [-0.39, 0.29) is 12.3 Å². The summed E-state index contributed by atoms with van der Waals surface area (Å²) in [6.45, 7) is 0.283. The van der Waals surface area contributed by atoms with Crippen LogP contribution >= 0.6 is 11.6 Å². The van der Waals surface area contributed by atoms with Gasteiger partial charge in [-0.2, -0.15) is 0 Å². The largest absolute Gasteiger partial charge is 0.397 e. The van der Waals surface area contributed by atoms with E-state index < -0.39 is 10.0 Å². The third kappa shape index (κ3) is 4.07. The van der Waals surface area contributed by atoms with Crippen LogP contribution in [-0.2, 0) is 10.0 Å². The number of nitrogen functional groups attached to an aromatic ring is 1. The van der Waals surface area contributed by atoms with Crippen molar-refractivity contribution in [2.75, 3.05) is 37.4 Å². The van der Waals surface area contributed by atoms with Gasteiger partial charge in [-0.05, 0) is 18.2 Å². The Kier molecular flexibility index (Phi) is 4.62. The van der Waals surface area contributed by atoms with Crippen molar-refractivity contribution in [1.29, 1.82) is 0 Å². The minimum absolute atomic E-state index is 0.00591. The fourth-order valence-corrected chi connectivity index (χ4v) is 2.08. The first-order valence-corrected chi connectivity index (χ1v) is 7.01. The molecule has 96 valence electrons. The zero-order chi connectivity index (χ0) is 13.1. The summed E-state index contributed by atoms with van der Waals surface area (Å²) in [6, 6.07) is 5.02. The fourth-order valence-electron chi connectivity index (χ4n) is 1.18. The molecule has 0 fully saturated rings. The summed E-state index contributed by atoms with van der Waals surface area (Å²) < 4.78 is 24.2. The third-order valence-electron chi connectivity index (χ3n) is 2.25. The number of benzene rings is 1. The molecule has 5 nitrogen and oxygen atoms in total. The highest BCUT2D eigenvalue weighted by atomic mass is 35.5. The standard InChI is InChI=1S/C10H16ClN3O2S/c1-14(2)17(15,16)6-5-13-10-7-8(11)3-4-9(10)12/h3-4,7,13H,5-6,12H2,1-2H3. The molecule has 1 aromatic rings. The maximum atomic E-state index is 11.5. The summed E-state index contributed by atoms with van der Waals surface area (Å²) in [5.41, 5.74) is 6.90. The van der Waals surface area contributed by atoms with Crippen molar-refractivity contribution in [1.82, 2.24) is 4.31 Å². The van der Waals surface area contributed by atoms with Crippen LogP contribution in [0.15, 0.2) is 18.2 Å². The monoisotopic (exact) mass is 277 g/mol. The molecule has 0 spiro atoms. The van der Waals surface area contributed by atoms with Gasteiger partial charge < -0.3 is 11.1 Å². The van der Waals surface area contributed by atoms with E-state index in [4.69, 9.17) is 17.3 Å². The predicted molar refractivity (Wildman–Crippen MR) is 71.8 cm³/mol. The number of nitrogens with zero attached hydrogens (tertiary/aromatic N) is 1. The maximum absolute atomic E-state index is 11.5. The lowest BCUT2D eigenvalue weighted by molar-refractivity contribution is 0.521. The van der Waals surface area contributed by atoms with Gasteiger partial charge in [-0.25, -0.2) is 12.7 Å². The second-order valence-corrected chi connectivity index (χ2v) is 6.50. The SMILES string of the molecule is CN(C)S(=O)(=O)CCNc1cc(Cl)ccc1N. The van der Waals surface area contributed by atoms with E-state index in [1.807, 2.05) is 0 Å². The molecular formula is C10H16ClN3O2S. The number of nitrogens with one attached hydrogen (secondary N) is 1. The number of hydrogen-bond acceptors (Lipinski definition) is 4. The van der Waals surface area contributed by atoms with Crippen LogP contribution in [0.4, 0.5) is 11.4 Å². The van der Waals surface area contributed by atoms with Gasteiger partial charge in [-0.3, -0.25) is 0 Å². The van der Waals surface area contributed by atoms with Gasteiger partial charge in [-0.15, -0.1) is 0 Å². The second kappa shape index (κ2) is 5.57. The molecule has 0 bridgehead atoms. The predicted octanol–water partition coefficient (Wildman–Crippen LogP) is 1.23. The number of anilines is 2. The van der Waals surface area contributed by atoms with Crippen LogP contribution in [0.5, 0.6) is 0 Å². The van der Waals surface area contributed by atoms with E-state index >= 15 is 0 Å². The minimum atomic E-state index is -3.19. The number of hydrogen-bond donors (Lipinski definition) is 2. The van der Waals surface area contributed by atoms with Gasteiger partial charge in [0, 0.05) is 25.7 Å². The van der Waals surface area contributed by atoms with Crippen molar-refractivity contribution in [2.45, 2.75) is 0 Å². The highest BCUT2D eigenvalue weighted by Crippen LogP contribution is 2.22. The molecular weight excluding hydrogens is 262 g/mol. The normalized spacial score (nSPS) is 11.8. The Morgan fingerprint density at radius 2 is 2.06 bits per heavy atom. The van der Waals surface area contributed by atoms with Crippen LogP contribution in [0.25, 0.3) is 0 Å². The molecule has 7 heteroatoms. The van der Waals surface area contributed by atoms with E-state index in [0.29, 0.717) is 16.4 Å². The van der Waals surface area contributed by atoms with Crippen LogP contribution in [0, 0.1) is 0 Å². The van der Waals surface area contributed by atoms with E-state index in [1.54, 1.807) is 18.2 Å². The molecule has 0 aliphatic carbocycles. The average Bonchev–Trinajstić information content (AvgIpc) is 2.22. The van der Waals surface area contributed by atoms with Crippen molar-refractivity contribution in [3.63, 3.8) is 0 Å². The summed E-state index contributed by atoms with van der Waals surface area (Å²) >= 11 is 5.81. The van der Waals surface area contributed by atoms with Gasteiger partial charge in [0.1, 0.15) is 0 Å². The van der Waals surface area contributed by atoms with Crippen molar-refractivity contribution < 1.29 is 8.42 Å². The topological polar surface area (TPSA) is 75.4 Å². The fraction of sp³-hybridized carbons (Fsp3) is 0.400. The van der Waals surface area contributed by atoms with Crippen LogP contribution in [0.2, 0.25) is 5.02 Å². The Bertz CT molecular complexity index is 488. The highest BCUT2D eigenvalue weighted by Gasteiger charge is 2.12. The lowest BCUT2D eigenvalue weighted by atomic mass is 10.3. The number of sulfonamides is 1. The maximum Gasteiger partial charge on any atom is 0.215 e. The van der Waals surface area contributed by atoms with Crippen LogP contribution in [0.3, 0.4) is 0 Å². The molecule has 1 rings (SSSR count). The first-order chi connectivity index (χ1) is 7.83. The Morgan fingerprint density at radius 3 is 2.65 bits per heavy atom. The molecule has 3 N–H and O–H groups in total. The molecule has 0 atom stereocenters. The van der Waals surface area contributed by atoms with Crippen molar-refractivity contribution in [2.24, 2.45) is 0 Å². The summed E-state index contributed by atoms with van der Waals surface area (Å²) in [6.07, 6.45) is 0. The molecule has 1 aromatic carbocycles. The Morgan fingerprint density at radius 1 is 1.41 bits per heavy atom. The zero-order valence-corrected chi connectivity index (χ0v) is 11.3. The molecule has 0 aromatic heterocycles. The van der Waals surface area contributed by atoms with Crippen molar-refractivity contribution in [3.05, 3.63) is 23.2 Å². The quantitative estimate of drug-likeness (QED) is 0.794. The molecule has 17 heavy (non-hydrogen) atoms. The number of rotatable bonds is 5. The van der Waals surface area contributed by atoms with Crippen molar-refractivity contribution >= 4 is 33.0 Å². The molecule has 0 aliphatic rings. The van der Waals surface area contributed by atoms with Gasteiger partial charge in [0.2, 0.25) is 10.0 Å². The van der Waals surface area contributed by atoms with Crippen LogP contribution in [-0.4, -0.2) is 39.1 Å². The average molecular weight is 278 g/mol. The Labute approximate surface area is 107 Å². The Balaban J connectivity index is 2.60. The lowest BCUT2D eigenvalue weighted by Gasteiger charge is -2.13. The summed E-state index contributed by atoms with van der Waals surface area (Å²) in [7, 11) is -0.188. The summed E-state index contributed by atoms with van der Waals surface area (Å²) in [5, 5.41) is 3.50. The first-order valence-electron chi connectivity index (χ1n) is 5.02. The number of nitrogens with two attached hydrogens (primary N) is 1. The molecule has 0 unspecified atom stereocenters. The van der Waals surface area contributed by atoms with Gasteiger partial charge in [0.15, 0.2) is 0 Å². The minimum Gasteiger partial charge on any atom is -0.397 e. The van der Waals surface area contributed by atoms with Gasteiger partial charge in [0.25, 0.3) is 0 Å². The van der Waals surface area contributed by atoms with Crippen molar-refractivity contribution in [3.8, 4) is 0 Å². The van der Waals surface area contributed by atoms with E-state index in [9.17, 15) is 8.42 Å². The molecule has 0 radical (unpaired) electrons. The molecule has 0 amide bonds. The molecule has 0 heterocycles. The van der Waals surface area contributed by atoms with Gasteiger partial charge >= 0.3 is 0 Å². The first kappa shape index (κ1) is 14.1. The molecule has 0 saturated carbocycles.